The normalized spacial score (nSPS) is 13.6. The third-order valence-electron chi connectivity index (χ3n) is 4.16. The number of hydrogen-bond acceptors (Lipinski definition) is 7. The Labute approximate surface area is 185 Å². The molecule has 9 nitrogen and oxygen atoms in total. The number of carboxylic acids is 1. The third-order valence-corrected chi connectivity index (χ3v) is 5.17. The maximum absolute atomic E-state index is 12.8. The molecule has 1 rings (SSSR count). The topological polar surface area (TPSA) is 151 Å². The van der Waals surface area contributed by atoms with Crippen LogP contribution in [0.25, 0.3) is 0 Å². The summed E-state index contributed by atoms with van der Waals surface area (Å²) in [7, 11) is 0. The number of carboxylic acid groups (broad SMARTS) is 1. The predicted molar refractivity (Wildman–Crippen MR) is 119 cm³/mol. The fraction of sp³-hybridized carbons (Fsp3) is 0.474. The van der Waals surface area contributed by atoms with E-state index < -0.39 is 41.8 Å². The lowest BCUT2D eigenvalue weighted by atomic mass is 10.1. The first-order valence-corrected chi connectivity index (χ1v) is 11.3. The summed E-state index contributed by atoms with van der Waals surface area (Å²) < 4.78 is 0. The van der Waals surface area contributed by atoms with Gasteiger partial charge in [-0.1, -0.05) is 30.3 Å². The van der Waals surface area contributed by atoms with Crippen LogP contribution in [0.1, 0.15) is 12.0 Å². The Morgan fingerprint density at radius 1 is 1.03 bits per heavy atom. The van der Waals surface area contributed by atoms with Gasteiger partial charge in [0, 0.05) is 12.2 Å². The fourth-order valence-electron chi connectivity index (χ4n) is 2.55. The minimum Gasteiger partial charge on any atom is -0.480 e. The highest BCUT2D eigenvalue weighted by Gasteiger charge is 2.29. The van der Waals surface area contributed by atoms with Crippen LogP contribution in [0.3, 0.4) is 0 Å². The monoisotopic (exact) mass is 456 g/mol. The fourth-order valence-corrected chi connectivity index (χ4v) is 3.27. The predicted octanol–water partition coefficient (Wildman–Crippen LogP) is -0.590. The van der Waals surface area contributed by atoms with E-state index >= 15 is 0 Å². The maximum atomic E-state index is 12.8. The van der Waals surface area contributed by atoms with Crippen molar-refractivity contribution in [3.8, 4) is 0 Å². The van der Waals surface area contributed by atoms with Gasteiger partial charge in [-0.2, -0.15) is 24.4 Å². The van der Waals surface area contributed by atoms with E-state index in [1.54, 1.807) is 24.3 Å². The maximum Gasteiger partial charge on any atom is 0.326 e. The number of aliphatic carboxylic acids is 1. The molecule has 0 bridgehead atoms. The van der Waals surface area contributed by atoms with Crippen molar-refractivity contribution in [1.29, 1.82) is 0 Å². The summed E-state index contributed by atoms with van der Waals surface area (Å²) in [6.07, 6.45) is 2.25. The zero-order valence-electron chi connectivity index (χ0n) is 16.7. The van der Waals surface area contributed by atoms with Gasteiger partial charge in [-0.3, -0.25) is 14.4 Å². The number of carbonyl (C=O) groups is 4. The number of benzene rings is 1. The Kier molecular flexibility index (Phi) is 11.9. The SMILES string of the molecule is CSCCC(NC(=O)C(CS)NC(=O)CN)C(=O)NC(Cc1ccccc1)C(=O)O. The van der Waals surface area contributed by atoms with E-state index in [0.29, 0.717) is 12.2 Å². The van der Waals surface area contributed by atoms with E-state index in [9.17, 15) is 24.3 Å². The van der Waals surface area contributed by atoms with Gasteiger partial charge < -0.3 is 26.8 Å². The highest BCUT2D eigenvalue weighted by Crippen LogP contribution is 2.06. The average Bonchev–Trinajstić information content (AvgIpc) is 2.74. The van der Waals surface area contributed by atoms with Gasteiger partial charge in [0.1, 0.15) is 18.1 Å². The van der Waals surface area contributed by atoms with Crippen molar-refractivity contribution < 1.29 is 24.3 Å². The number of carbonyl (C=O) groups excluding carboxylic acids is 3. The molecule has 0 heterocycles. The summed E-state index contributed by atoms with van der Waals surface area (Å²) in [5.74, 6) is -2.32. The summed E-state index contributed by atoms with van der Waals surface area (Å²) >= 11 is 5.53. The summed E-state index contributed by atoms with van der Waals surface area (Å²) in [6, 6.07) is 5.85. The Balaban J connectivity index is 2.86. The van der Waals surface area contributed by atoms with Crippen LogP contribution >= 0.6 is 24.4 Å². The molecular formula is C19H28N4O5S2. The van der Waals surface area contributed by atoms with Crippen molar-refractivity contribution in [2.75, 3.05) is 24.3 Å². The molecule has 0 saturated carbocycles. The van der Waals surface area contributed by atoms with Crippen LogP contribution in [0.5, 0.6) is 0 Å². The molecular weight excluding hydrogens is 428 g/mol. The first kappa shape index (κ1) is 25.8. The molecule has 0 aliphatic carbocycles. The first-order chi connectivity index (χ1) is 14.3. The summed E-state index contributed by atoms with van der Waals surface area (Å²) in [5.41, 5.74) is 6.00. The lowest BCUT2D eigenvalue weighted by Crippen LogP contribution is -2.57. The zero-order valence-corrected chi connectivity index (χ0v) is 18.4. The van der Waals surface area contributed by atoms with Gasteiger partial charge in [0.15, 0.2) is 0 Å². The summed E-state index contributed by atoms with van der Waals surface area (Å²) in [5, 5.41) is 17.0. The van der Waals surface area contributed by atoms with E-state index in [1.807, 2.05) is 12.3 Å². The van der Waals surface area contributed by atoms with E-state index in [2.05, 4.69) is 28.6 Å². The van der Waals surface area contributed by atoms with Crippen LogP contribution in [0, 0.1) is 0 Å². The van der Waals surface area contributed by atoms with Gasteiger partial charge in [-0.15, -0.1) is 0 Å². The highest BCUT2D eigenvalue weighted by atomic mass is 32.2. The smallest absolute Gasteiger partial charge is 0.326 e. The van der Waals surface area contributed by atoms with Gasteiger partial charge in [-0.25, -0.2) is 4.79 Å². The molecule has 3 atom stereocenters. The molecule has 3 unspecified atom stereocenters. The van der Waals surface area contributed by atoms with Crippen LogP contribution in [-0.2, 0) is 25.6 Å². The molecule has 0 aromatic heterocycles. The van der Waals surface area contributed by atoms with Crippen molar-refractivity contribution in [3.63, 3.8) is 0 Å². The standard InChI is InChI=1S/C19H28N4O5S2/c1-30-8-7-13(22-18(26)15(11-29)21-16(24)10-20)17(25)23-14(19(27)28)9-12-5-3-2-4-6-12/h2-6,13-15,29H,7-11,20H2,1H3,(H,21,24)(H,22,26)(H,23,25)(H,27,28). The minimum atomic E-state index is -1.18. The van der Waals surface area contributed by atoms with E-state index in [1.165, 1.54) is 11.8 Å². The van der Waals surface area contributed by atoms with Gasteiger partial charge in [-0.05, 0) is 24.0 Å². The molecule has 1 aromatic carbocycles. The van der Waals surface area contributed by atoms with Crippen LogP contribution in [-0.4, -0.2) is 71.2 Å². The molecule has 0 radical (unpaired) electrons. The van der Waals surface area contributed by atoms with Gasteiger partial charge >= 0.3 is 5.97 Å². The molecule has 1 aromatic rings. The minimum absolute atomic E-state index is 0.0141. The lowest BCUT2D eigenvalue weighted by Gasteiger charge is -2.24. The second-order valence-electron chi connectivity index (χ2n) is 6.44. The number of amides is 3. The Bertz CT molecular complexity index is 720. The highest BCUT2D eigenvalue weighted by molar-refractivity contribution is 7.98. The quantitative estimate of drug-likeness (QED) is 0.217. The van der Waals surface area contributed by atoms with Gasteiger partial charge in [0.25, 0.3) is 0 Å². The first-order valence-electron chi connectivity index (χ1n) is 9.29. The molecule has 0 aliphatic heterocycles. The van der Waals surface area contributed by atoms with Crippen molar-refractivity contribution >= 4 is 48.1 Å². The number of thioether (sulfide) groups is 1. The van der Waals surface area contributed by atoms with Crippen LogP contribution in [0.4, 0.5) is 0 Å². The zero-order chi connectivity index (χ0) is 22.5. The molecule has 6 N–H and O–H groups in total. The van der Waals surface area contributed by atoms with Gasteiger partial charge in [0.05, 0.1) is 6.54 Å². The van der Waals surface area contributed by atoms with E-state index in [0.717, 1.165) is 5.56 Å². The van der Waals surface area contributed by atoms with Crippen molar-refractivity contribution in [2.45, 2.75) is 31.0 Å². The number of nitrogens with two attached hydrogens (primary N) is 1. The summed E-state index contributed by atoms with van der Waals surface area (Å²) in [6.45, 7) is -0.284. The molecule has 0 spiro atoms. The van der Waals surface area contributed by atoms with Crippen LogP contribution < -0.4 is 21.7 Å². The van der Waals surface area contributed by atoms with Crippen molar-refractivity contribution in [3.05, 3.63) is 35.9 Å². The van der Waals surface area contributed by atoms with Crippen molar-refractivity contribution in [1.82, 2.24) is 16.0 Å². The molecule has 30 heavy (non-hydrogen) atoms. The van der Waals surface area contributed by atoms with E-state index in [-0.39, 0.29) is 18.7 Å². The third kappa shape index (κ3) is 9.06. The molecule has 3 amide bonds. The van der Waals surface area contributed by atoms with E-state index in [4.69, 9.17) is 5.73 Å². The second kappa shape index (κ2) is 13.9. The average molecular weight is 457 g/mol. The number of rotatable bonds is 13. The summed E-state index contributed by atoms with van der Waals surface area (Å²) in [4.78, 5) is 48.4. The second-order valence-corrected chi connectivity index (χ2v) is 7.79. The molecule has 0 aliphatic rings. The molecule has 166 valence electrons. The molecule has 11 heteroatoms. The Morgan fingerprint density at radius 2 is 1.63 bits per heavy atom. The lowest BCUT2D eigenvalue weighted by molar-refractivity contribution is -0.142. The van der Waals surface area contributed by atoms with Gasteiger partial charge in [0.2, 0.25) is 17.7 Å². The number of nitrogens with one attached hydrogen (secondary N) is 3. The Morgan fingerprint density at radius 3 is 2.17 bits per heavy atom. The largest absolute Gasteiger partial charge is 0.480 e. The number of hydrogen-bond donors (Lipinski definition) is 6. The van der Waals surface area contributed by atoms with Crippen LogP contribution in [0.2, 0.25) is 0 Å². The number of thiol groups is 1. The molecule has 0 saturated heterocycles. The van der Waals surface area contributed by atoms with Crippen molar-refractivity contribution in [2.24, 2.45) is 5.73 Å². The molecule has 0 fully saturated rings. The van der Waals surface area contributed by atoms with Crippen LogP contribution in [0.15, 0.2) is 30.3 Å². The Hall–Kier alpha value is -2.24.